The Morgan fingerprint density at radius 3 is 2.74 bits per heavy atom. The molecule has 2 aromatic carbocycles. The molecule has 1 unspecified atom stereocenters. The fourth-order valence-electron chi connectivity index (χ4n) is 7.92. The Kier molecular flexibility index (Phi) is 8.19. The molecule has 3 aliphatic carbocycles. The monoisotopic (exact) mass is 642 g/mol. The smallest absolute Gasteiger partial charge is 0.261 e. The summed E-state index contributed by atoms with van der Waals surface area (Å²) in [6.07, 6.45) is 2.67. The van der Waals surface area contributed by atoms with E-state index in [2.05, 4.69) is 63.9 Å². The van der Waals surface area contributed by atoms with Gasteiger partial charge in [0.15, 0.2) is 11.8 Å². The maximum atomic E-state index is 14.8. The van der Waals surface area contributed by atoms with E-state index in [9.17, 15) is 9.18 Å². The number of rotatable bonds is 7. The lowest BCUT2D eigenvalue weighted by Crippen LogP contribution is -2.57. The van der Waals surface area contributed by atoms with Gasteiger partial charge >= 0.3 is 0 Å². The molecule has 0 amide bonds. The second-order valence-electron chi connectivity index (χ2n) is 14.0. The topological polar surface area (TPSA) is 138 Å². The van der Waals surface area contributed by atoms with E-state index < -0.39 is 5.82 Å². The molecule has 4 aliphatic rings. The van der Waals surface area contributed by atoms with Crippen molar-refractivity contribution in [1.29, 1.82) is 0 Å². The number of halogens is 1. The quantitative estimate of drug-likeness (QED) is 0.201. The number of aliphatic imine (C=N–C) groups is 1. The van der Waals surface area contributed by atoms with Crippen LogP contribution >= 0.6 is 0 Å². The molecule has 0 radical (unpaired) electrons. The number of aromatic amines is 1. The van der Waals surface area contributed by atoms with Crippen LogP contribution in [0.3, 0.4) is 0 Å². The number of piperazine rings is 1. The SMILES string of the molecule is COc1ccc(CCn2c(-c3nn[nH]n3)nc3cc(NC(=NC4C[C@@H]5C[C@H]([C@@H]4C)C5(C)C)N4CCN[C@@H](C)C4)ccc3c2=O)c(F)c1. The van der Waals surface area contributed by atoms with E-state index in [-0.39, 0.29) is 36.2 Å². The summed E-state index contributed by atoms with van der Waals surface area (Å²) >= 11 is 0. The number of tetrazole rings is 1. The number of hydrogen-bond donors (Lipinski definition) is 3. The summed E-state index contributed by atoms with van der Waals surface area (Å²) in [5, 5.41) is 22.0. The van der Waals surface area contributed by atoms with E-state index in [1.807, 2.05) is 12.1 Å². The van der Waals surface area contributed by atoms with Gasteiger partial charge in [-0.3, -0.25) is 9.36 Å². The summed E-state index contributed by atoms with van der Waals surface area (Å²) in [4.78, 5) is 26.5. The van der Waals surface area contributed by atoms with Gasteiger partial charge in [-0.15, -0.1) is 10.2 Å². The number of aryl methyl sites for hydroxylation is 1. The molecule has 4 aromatic rings. The van der Waals surface area contributed by atoms with Crippen LogP contribution in [0.4, 0.5) is 10.1 Å². The zero-order chi connectivity index (χ0) is 32.9. The molecule has 3 heterocycles. The molecule has 248 valence electrons. The van der Waals surface area contributed by atoms with Crippen LogP contribution in [0.25, 0.3) is 22.6 Å². The minimum atomic E-state index is -0.400. The van der Waals surface area contributed by atoms with Gasteiger partial charge in [-0.2, -0.15) is 5.21 Å². The molecular formula is C34H43FN10O2. The van der Waals surface area contributed by atoms with Crippen LogP contribution in [0.15, 0.2) is 46.2 Å². The number of guanidine groups is 1. The minimum Gasteiger partial charge on any atom is -0.497 e. The van der Waals surface area contributed by atoms with Crippen molar-refractivity contribution in [2.24, 2.45) is 28.2 Å². The first kappa shape index (κ1) is 31.2. The van der Waals surface area contributed by atoms with Gasteiger partial charge in [0.25, 0.3) is 5.56 Å². The van der Waals surface area contributed by atoms with Crippen molar-refractivity contribution in [3.8, 4) is 17.4 Å². The van der Waals surface area contributed by atoms with E-state index in [4.69, 9.17) is 14.7 Å². The average molecular weight is 643 g/mol. The Labute approximate surface area is 273 Å². The Hall–Kier alpha value is -4.39. The van der Waals surface area contributed by atoms with Gasteiger partial charge in [0, 0.05) is 44.0 Å². The molecular weight excluding hydrogens is 599 g/mol. The summed E-state index contributed by atoms with van der Waals surface area (Å²) in [5.74, 6) is 3.23. The standard InChI is InChI=1S/C34H43FN10O2/c1-19-18-44(13-11-36-19)33(39-28-15-22-14-26(20(28)2)34(22,3)4)37-23-7-9-25-29(16-23)38-31(30-40-42-43-41-30)45(32(25)46)12-10-21-6-8-24(47-5)17-27(21)35/h6-9,16-17,19-20,22,26,28,36H,10-15,18H2,1-5H3,(H,37,39)(H,40,41,42,43)/t19-,20-,22-,26+,28?/m0/s1. The third kappa shape index (κ3) is 5.85. The molecule has 3 N–H and O–H groups in total. The third-order valence-electron chi connectivity index (χ3n) is 10.9. The molecule has 5 atom stereocenters. The number of aromatic nitrogens is 6. The average Bonchev–Trinajstić information content (AvgIpc) is 3.60. The van der Waals surface area contributed by atoms with Crippen LogP contribution in [-0.4, -0.2) is 79.9 Å². The molecule has 4 fully saturated rings. The Morgan fingerprint density at radius 1 is 1.19 bits per heavy atom. The number of H-pyrrole nitrogens is 1. The fraction of sp³-hybridized carbons (Fsp3) is 0.529. The van der Waals surface area contributed by atoms with E-state index in [1.165, 1.54) is 24.2 Å². The Morgan fingerprint density at radius 2 is 2.04 bits per heavy atom. The Balaban J connectivity index is 1.21. The number of methoxy groups -OCH3 is 1. The van der Waals surface area contributed by atoms with Crippen molar-refractivity contribution >= 4 is 22.5 Å². The highest BCUT2D eigenvalue weighted by molar-refractivity contribution is 5.96. The fourth-order valence-corrected chi connectivity index (χ4v) is 7.92. The second-order valence-corrected chi connectivity index (χ2v) is 14.0. The van der Waals surface area contributed by atoms with Crippen molar-refractivity contribution in [2.75, 3.05) is 32.1 Å². The Bertz CT molecular complexity index is 1860. The lowest BCUT2D eigenvalue weighted by Gasteiger charge is -2.61. The van der Waals surface area contributed by atoms with Gasteiger partial charge < -0.3 is 20.3 Å². The maximum absolute atomic E-state index is 14.8. The van der Waals surface area contributed by atoms with Crippen LogP contribution < -0.4 is 20.9 Å². The van der Waals surface area contributed by atoms with E-state index in [0.717, 1.165) is 37.7 Å². The van der Waals surface area contributed by atoms with Crippen molar-refractivity contribution in [2.45, 2.75) is 65.6 Å². The first-order valence-electron chi connectivity index (χ1n) is 16.6. The van der Waals surface area contributed by atoms with Crippen LogP contribution in [0.1, 0.15) is 46.1 Å². The summed E-state index contributed by atoms with van der Waals surface area (Å²) < 4.78 is 21.4. The lowest BCUT2D eigenvalue weighted by atomic mass is 9.45. The second kappa shape index (κ2) is 12.3. The highest BCUT2D eigenvalue weighted by Crippen LogP contribution is 2.61. The molecule has 12 nitrogen and oxygen atoms in total. The van der Waals surface area contributed by atoms with Gasteiger partial charge in [-0.25, -0.2) is 14.4 Å². The van der Waals surface area contributed by atoms with Crippen LogP contribution in [0.5, 0.6) is 5.75 Å². The summed E-state index contributed by atoms with van der Waals surface area (Å²) in [6.45, 7) is 12.1. The summed E-state index contributed by atoms with van der Waals surface area (Å²) in [5.41, 5.74) is 1.87. The van der Waals surface area contributed by atoms with E-state index >= 15 is 0 Å². The first-order chi connectivity index (χ1) is 22.6. The van der Waals surface area contributed by atoms with E-state index in [1.54, 1.807) is 18.2 Å². The molecule has 1 saturated heterocycles. The summed E-state index contributed by atoms with van der Waals surface area (Å²) in [7, 11) is 1.49. The van der Waals surface area contributed by atoms with Gasteiger partial charge in [0.2, 0.25) is 5.82 Å². The molecule has 0 spiro atoms. The normalized spacial score (nSPS) is 25.4. The number of ether oxygens (including phenoxy) is 1. The third-order valence-corrected chi connectivity index (χ3v) is 10.9. The molecule has 3 saturated carbocycles. The predicted octanol–water partition coefficient (Wildman–Crippen LogP) is 4.10. The zero-order valence-electron chi connectivity index (χ0n) is 27.6. The maximum Gasteiger partial charge on any atom is 0.261 e. The molecule has 8 rings (SSSR count). The number of nitrogens with one attached hydrogen (secondary N) is 3. The summed E-state index contributed by atoms with van der Waals surface area (Å²) in [6, 6.07) is 10.9. The molecule has 2 aromatic heterocycles. The van der Waals surface area contributed by atoms with Crippen LogP contribution in [-0.2, 0) is 13.0 Å². The highest BCUT2D eigenvalue weighted by Gasteiger charge is 2.56. The van der Waals surface area contributed by atoms with E-state index in [0.29, 0.717) is 51.4 Å². The van der Waals surface area contributed by atoms with Gasteiger partial charge in [-0.1, -0.05) is 26.8 Å². The number of anilines is 1. The number of nitrogens with zero attached hydrogens (tertiary/aromatic N) is 7. The van der Waals surface area contributed by atoms with Gasteiger partial charge in [0.1, 0.15) is 11.6 Å². The van der Waals surface area contributed by atoms with Crippen molar-refractivity contribution in [1.82, 2.24) is 40.4 Å². The van der Waals surface area contributed by atoms with Crippen molar-refractivity contribution in [3.63, 3.8) is 0 Å². The number of hydrogen-bond acceptors (Lipinski definition) is 8. The van der Waals surface area contributed by atoms with Crippen LogP contribution in [0.2, 0.25) is 0 Å². The van der Waals surface area contributed by atoms with Gasteiger partial charge in [0.05, 0.1) is 24.1 Å². The van der Waals surface area contributed by atoms with Crippen LogP contribution in [0, 0.1) is 29.0 Å². The lowest BCUT2D eigenvalue weighted by molar-refractivity contribution is -0.108. The van der Waals surface area contributed by atoms with Gasteiger partial charge in [-0.05, 0) is 84.4 Å². The number of fused-ring (bicyclic) bond motifs is 3. The number of benzene rings is 2. The minimum absolute atomic E-state index is 0.172. The highest BCUT2D eigenvalue weighted by atomic mass is 19.1. The largest absolute Gasteiger partial charge is 0.497 e. The molecule has 13 heteroatoms. The molecule has 2 bridgehead atoms. The van der Waals surface area contributed by atoms with Crippen molar-refractivity contribution < 1.29 is 9.13 Å². The molecule has 1 aliphatic heterocycles. The van der Waals surface area contributed by atoms with Crippen molar-refractivity contribution in [3.05, 3.63) is 58.1 Å². The first-order valence-corrected chi connectivity index (χ1v) is 16.6. The predicted molar refractivity (Wildman–Crippen MR) is 179 cm³/mol. The zero-order valence-corrected chi connectivity index (χ0v) is 27.6. The molecule has 47 heavy (non-hydrogen) atoms.